The second-order valence-electron chi connectivity index (χ2n) is 3.65. The Labute approximate surface area is 67.9 Å². The number of hydrogen-bond acceptors (Lipinski definition) is 1. The van der Waals surface area contributed by atoms with Crippen molar-refractivity contribution in [1.82, 2.24) is 0 Å². The van der Waals surface area contributed by atoms with E-state index in [4.69, 9.17) is 17.3 Å². The average Bonchev–Trinajstić information content (AvgIpc) is 1.82. The predicted molar refractivity (Wildman–Crippen MR) is 45.2 cm³/mol. The fraction of sp³-hybridized carbons (Fsp3) is 1.00. The van der Waals surface area contributed by atoms with Gasteiger partial charge >= 0.3 is 0 Å². The molecule has 0 aliphatic heterocycles. The van der Waals surface area contributed by atoms with Gasteiger partial charge in [-0.3, -0.25) is 0 Å². The molecule has 1 rings (SSSR count). The molecular formula is C8H16ClN. The Morgan fingerprint density at radius 2 is 1.90 bits per heavy atom. The first-order valence-electron chi connectivity index (χ1n) is 4.01. The van der Waals surface area contributed by atoms with Crippen molar-refractivity contribution in [2.45, 2.75) is 38.1 Å². The van der Waals surface area contributed by atoms with Gasteiger partial charge in [0.2, 0.25) is 0 Å². The molecule has 0 aromatic rings. The van der Waals surface area contributed by atoms with Crippen LogP contribution in [0.4, 0.5) is 0 Å². The van der Waals surface area contributed by atoms with Crippen LogP contribution in [0.1, 0.15) is 26.7 Å². The average molecular weight is 162 g/mol. The molecule has 1 nitrogen and oxygen atoms in total. The van der Waals surface area contributed by atoms with Crippen molar-refractivity contribution in [1.29, 1.82) is 0 Å². The number of nitrogens with two attached hydrogens (primary N) is 1. The second kappa shape index (κ2) is 3.10. The highest BCUT2D eigenvalue weighted by Crippen LogP contribution is 2.30. The van der Waals surface area contributed by atoms with Crippen molar-refractivity contribution < 1.29 is 0 Å². The first kappa shape index (κ1) is 8.35. The Morgan fingerprint density at radius 1 is 1.30 bits per heavy atom. The van der Waals surface area contributed by atoms with Gasteiger partial charge in [0.1, 0.15) is 0 Å². The molecule has 1 fully saturated rings. The monoisotopic (exact) mass is 161 g/mol. The lowest BCUT2D eigenvalue weighted by molar-refractivity contribution is 0.268. The largest absolute Gasteiger partial charge is 0.326 e. The summed E-state index contributed by atoms with van der Waals surface area (Å²) in [6.45, 7) is 4.44. The fourth-order valence-electron chi connectivity index (χ4n) is 1.79. The quantitative estimate of drug-likeness (QED) is 0.541. The summed E-state index contributed by atoms with van der Waals surface area (Å²) in [6, 6.07) is 0.220. The molecule has 0 radical (unpaired) electrons. The van der Waals surface area contributed by atoms with Crippen LogP contribution in [-0.4, -0.2) is 11.4 Å². The molecule has 1 aliphatic rings. The standard InChI is InChI=1S/C8H16ClN/c1-5-3-6(2)8(10)7(9)4-5/h5-8H,3-4,10H2,1-2H3/t5?,6-,7-,8+/m0/s1. The van der Waals surface area contributed by atoms with Crippen molar-refractivity contribution in [2.24, 2.45) is 17.6 Å². The van der Waals surface area contributed by atoms with Gasteiger partial charge < -0.3 is 5.73 Å². The molecule has 0 aromatic carbocycles. The van der Waals surface area contributed by atoms with E-state index in [0.29, 0.717) is 5.92 Å². The topological polar surface area (TPSA) is 26.0 Å². The van der Waals surface area contributed by atoms with Crippen molar-refractivity contribution in [3.8, 4) is 0 Å². The van der Waals surface area contributed by atoms with Crippen LogP contribution >= 0.6 is 11.6 Å². The third-order valence-electron chi connectivity index (χ3n) is 2.48. The lowest BCUT2D eigenvalue weighted by Crippen LogP contribution is -2.42. The maximum absolute atomic E-state index is 6.03. The Morgan fingerprint density at radius 3 is 2.40 bits per heavy atom. The second-order valence-corrected chi connectivity index (χ2v) is 4.21. The Balaban J connectivity index is 2.49. The Kier molecular flexibility index (Phi) is 2.59. The van der Waals surface area contributed by atoms with E-state index in [0.717, 1.165) is 12.3 Å². The molecule has 0 heterocycles. The molecule has 2 heteroatoms. The number of halogens is 1. The summed E-state index contributed by atoms with van der Waals surface area (Å²) in [4.78, 5) is 0. The lowest BCUT2D eigenvalue weighted by atomic mass is 9.80. The van der Waals surface area contributed by atoms with Gasteiger partial charge in [0, 0.05) is 11.4 Å². The summed E-state index contributed by atoms with van der Waals surface area (Å²) < 4.78 is 0. The van der Waals surface area contributed by atoms with Crippen LogP contribution in [0, 0.1) is 11.8 Å². The molecular weight excluding hydrogens is 146 g/mol. The fourth-order valence-corrected chi connectivity index (χ4v) is 2.34. The van der Waals surface area contributed by atoms with E-state index in [2.05, 4.69) is 13.8 Å². The molecule has 10 heavy (non-hydrogen) atoms. The highest BCUT2D eigenvalue weighted by atomic mass is 35.5. The third-order valence-corrected chi connectivity index (χ3v) is 2.95. The molecule has 0 saturated heterocycles. The van der Waals surface area contributed by atoms with Crippen LogP contribution in [0.5, 0.6) is 0 Å². The smallest absolute Gasteiger partial charge is 0.0492 e. The van der Waals surface area contributed by atoms with E-state index in [9.17, 15) is 0 Å². The summed E-state index contributed by atoms with van der Waals surface area (Å²) in [5.74, 6) is 1.36. The third kappa shape index (κ3) is 1.64. The van der Waals surface area contributed by atoms with E-state index in [1.165, 1.54) is 6.42 Å². The summed E-state index contributed by atoms with van der Waals surface area (Å²) in [5.41, 5.74) is 5.85. The van der Waals surface area contributed by atoms with Crippen molar-refractivity contribution in [3.05, 3.63) is 0 Å². The maximum atomic E-state index is 6.03. The molecule has 1 aliphatic carbocycles. The van der Waals surface area contributed by atoms with Gasteiger partial charge in [0.25, 0.3) is 0 Å². The minimum atomic E-state index is 0.207. The van der Waals surface area contributed by atoms with Gasteiger partial charge in [-0.05, 0) is 24.7 Å². The summed E-state index contributed by atoms with van der Waals surface area (Å²) in [7, 11) is 0. The van der Waals surface area contributed by atoms with Crippen LogP contribution in [-0.2, 0) is 0 Å². The van der Waals surface area contributed by atoms with Crippen molar-refractivity contribution >= 4 is 11.6 Å². The molecule has 0 aromatic heterocycles. The molecule has 2 N–H and O–H groups in total. The zero-order valence-electron chi connectivity index (χ0n) is 6.68. The van der Waals surface area contributed by atoms with E-state index >= 15 is 0 Å². The van der Waals surface area contributed by atoms with Crippen LogP contribution in [0.15, 0.2) is 0 Å². The number of hydrogen-bond donors (Lipinski definition) is 1. The normalized spacial score (nSPS) is 49.2. The van der Waals surface area contributed by atoms with Gasteiger partial charge in [-0.25, -0.2) is 0 Å². The van der Waals surface area contributed by atoms with Gasteiger partial charge in [-0.2, -0.15) is 0 Å². The van der Waals surface area contributed by atoms with E-state index in [1.807, 2.05) is 0 Å². The minimum absolute atomic E-state index is 0.207. The number of alkyl halides is 1. The summed E-state index contributed by atoms with van der Waals surface area (Å²) in [5, 5.41) is 0.207. The predicted octanol–water partition coefficient (Wildman–Crippen LogP) is 1.99. The SMILES string of the molecule is CC1C[C@H](C)[C@@H](N)[C@@H](Cl)C1. The van der Waals surface area contributed by atoms with Crippen LogP contribution < -0.4 is 5.73 Å². The Hall–Kier alpha value is 0.250. The summed E-state index contributed by atoms with van der Waals surface area (Å²) >= 11 is 6.03. The van der Waals surface area contributed by atoms with Crippen molar-refractivity contribution in [3.63, 3.8) is 0 Å². The van der Waals surface area contributed by atoms with Gasteiger partial charge in [-0.1, -0.05) is 13.8 Å². The van der Waals surface area contributed by atoms with E-state index in [-0.39, 0.29) is 11.4 Å². The molecule has 1 saturated carbocycles. The first-order valence-corrected chi connectivity index (χ1v) is 4.44. The van der Waals surface area contributed by atoms with E-state index < -0.39 is 0 Å². The molecule has 1 unspecified atom stereocenters. The van der Waals surface area contributed by atoms with Crippen LogP contribution in [0.25, 0.3) is 0 Å². The van der Waals surface area contributed by atoms with Crippen LogP contribution in [0.2, 0.25) is 0 Å². The molecule has 60 valence electrons. The van der Waals surface area contributed by atoms with Gasteiger partial charge in [0.15, 0.2) is 0 Å². The molecule has 4 atom stereocenters. The highest BCUT2D eigenvalue weighted by Gasteiger charge is 2.29. The molecule has 0 bridgehead atoms. The number of rotatable bonds is 0. The first-order chi connectivity index (χ1) is 4.61. The molecule has 0 amide bonds. The lowest BCUT2D eigenvalue weighted by Gasteiger charge is -2.33. The Bertz CT molecular complexity index is 104. The molecule has 0 spiro atoms. The van der Waals surface area contributed by atoms with Gasteiger partial charge in [0.05, 0.1) is 0 Å². The van der Waals surface area contributed by atoms with E-state index in [1.54, 1.807) is 0 Å². The van der Waals surface area contributed by atoms with Crippen molar-refractivity contribution in [2.75, 3.05) is 0 Å². The maximum Gasteiger partial charge on any atom is 0.0492 e. The van der Waals surface area contributed by atoms with Crippen LogP contribution in [0.3, 0.4) is 0 Å². The minimum Gasteiger partial charge on any atom is -0.326 e. The highest BCUT2D eigenvalue weighted by molar-refractivity contribution is 6.21. The van der Waals surface area contributed by atoms with Gasteiger partial charge in [-0.15, -0.1) is 11.6 Å². The zero-order chi connectivity index (χ0) is 7.72. The summed E-state index contributed by atoms with van der Waals surface area (Å²) in [6.07, 6.45) is 2.33. The zero-order valence-corrected chi connectivity index (χ0v) is 7.43.